The highest BCUT2D eigenvalue weighted by Gasteiger charge is 2.23. The number of carbonyl (C=O) groups excluding carboxylic acids is 1. The van der Waals surface area contributed by atoms with Crippen LogP contribution in [0.4, 0.5) is 0 Å². The van der Waals surface area contributed by atoms with Crippen LogP contribution in [-0.4, -0.2) is 53.5 Å². The van der Waals surface area contributed by atoms with Crippen LogP contribution in [0, 0.1) is 0 Å². The number of aromatic nitrogens is 1. The van der Waals surface area contributed by atoms with E-state index in [1.165, 1.54) is 15.9 Å². The van der Waals surface area contributed by atoms with Gasteiger partial charge in [-0.3, -0.25) is 9.59 Å². The van der Waals surface area contributed by atoms with Gasteiger partial charge in [0, 0.05) is 39.4 Å². The molecular formula is C14H16BrN3O2S. The minimum absolute atomic E-state index is 0.0262. The van der Waals surface area contributed by atoms with Gasteiger partial charge in [0.05, 0.1) is 19.4 Å². The van der Waals surface area contributed by atoms with E-state index in [2.05, 4.69) is 27.9 Å². The number of piperazine rings is 1. The molecule has 3 rings (SSSR count). The molecule has 0 radical (unpaired) electrons. The molecule has 0 aliphatic carbocycles. The van der Waals surface area contributed by atoms with Crippen LogP contribution in [0.25, 0.3) is 10.1 Å². The van der Waals surface area contributed by atoms with Gasteiger partial charge < -0.3 is 14.4 Å². The van der Waals surface area contributed by atoms with E-state index < -0.39 is 0 Å². The van der Waals surface area contributed by atoms with E-state index in [1.54, 1.807) is 19.3 Å². The molecular weight excluding hydrogens is 354 g/mol. The third-order valence-electron chi connectivity index (χ3n) is 3.81. The first-order chi connectivity index (χ1) is 9.97. The van der Waals surface area contributed by atoms with Gasteiger partial charge in [0.1, 0.15) is 0 Å². The van der Waals surface area contributed by atoms with E-state index in [0.717, 1.165) is 35.4 Å². The summed E-state index contributed by atoms with van der Waals surface area (Å²) in [5.74, 6) is 0.0262. The Morgan fingerprint density at radius 2 is 1.90 bits per heavy atom. The van der Waals surface area contributed by atoms with E-state index in [0.29, 0.717) is 10.3 Å². The third kappa shape index (κ3) is 2.65. The average Bonchev–Trinajstić information content (AvgIpc) is 2.91. The number of pyridine rings is 1. The Hall–Kier alpha value is -1.18. The van der Waals surface area contributed by atoms with Crippen molar-refractivity contribution in [1.29, 1.82) is 0 Å². The monoisotopic (exact) mass is 369 g/mol. The summed E-state index contributed by atoms with van der Waals surface area (Å²) in [5.41, 5.74) is -0.0677. The summed E-state index contributed by atoms with van der Waals surface area (Å²) in [4.78, 5) is 29.4. The van der Waals surface area contributed by atoms with Crippen molar-refractivity contribution in [3.8, 4) is 0 Å². The lowest BCUT2D eigenvalue weighted by atomic mass is 10.2. The molecule has 0 saturated carbocycles. The highest BCUT2D eigenvalue weighted by atomic mass is 79.9. The van der Waals surface area contributed by atoms with Gasteiger partial charge in [-0.15, -0.1) is 11.3 Å². The Bertz CT molecular complexity index is 759. The van der Waals surface area contributed by atoms with Gasteiger partial charge in [-0.1, -0.05) is 0 Å². The van der Waals surface area contributed by atoms with Crippen molar-refractivity contribution in [1.82, 2.24) is 14.4 Å². The third-order valence-corrected chi connectivity index (χ3v) is 5.83. The van der Waals surface area contributed by atoms with Gasteiger partial charge in [0.2, 0.25) is 0 Å². The predicted molar refractivity (Wildman–Crippen MR) is 88.2 cm³/mol. The molecule has 0 N–H and O–H groups in total. The van der Waals surface area contributed by atoms with Crippen molar-refractivity contribution in [3.05, 3.63) is 32.0 Å². The highest BCUT2D eigenvalue weighted by Crippen LogP contribution is 2.30. The molecule has 1 aliphatic heterocycles. The fourth-order valence-corrected chi connectivity index (χ4v) is 4.26. The van der Waals surface area contributed by atoms with Crippen LogP contribution in [0.15, 0.2) is 21.5 Å². The lowest BCUT2D eigenvalue weighted by Crippen LogP contribution is -2.46. The molecule has 1 aliphatic rings. The first kappa shape index (κ1) is 14.7. The predicted octanol–water partition coefficient (Wildman–Crippen LogP) is 1.75. The molecule has 0 aromatic carbocycles. The minimum atomic E-state index is -0.0677. The molecule has 0 atom stereocenters. The fourth-order valence-electron chi connectivity index (χ4n) is 2.48. The van der Waals surface area contributed by atoms with Gasteiger partial charge in [-0.05, 0) is 29.0 Å². The molecule has 0 unspecified atom stereocenters. The molecule has 1 fully saturated rings. The first-order valence-corrected chi connectivity index (χ1v) is 8.35. The number of aryl methyl sites for hydroxylation is 1. The molecule has 21 heavy (non-hydrogen) atoms. The average molecular weight is 370 g/mol. The molecule has 3 heterocycles. The Balaban J connectivity index is 1.98. The van der Waals surface area contributed by atoms with Crippen LogP contribution in [0.2, 0.25) is 0 Å². The molecule has 7 heteroatoms. The molecule has 0 bridgehead atoms. The summed E-state index contributed by atoms with van der Waals surface area (Å²) in [6.07, 6.45) is 1.74. The number of rotatable bonds is 1. The van der Waals surface area contributed by atoms with Crippen LogP contribution in [0.3, 0.4) is 0 Å². The maximum atomic E-state index is 12.6. The highest BCUT2D eigenvalue weighted by molar-refractivity contribution is 9.10. The molecule has 5 nitrogen and oxygen atoms in total. The normalized spacial score (nSPS) is 16.6. The first-order valence-electron chi connectivity index (χ1n) is 6.74. The van der Waals surface area contributed by atoms with E-state index >= 15 is 0 Å². The lowest BCUT2D eigenvalue weighted by Gasteiger charge is -2.32. The van der Waals surface area contributed by atoms with Crippen LogP contribution in [0.5, 0.6) is 0 Å². The summed E-state index contributed by atoms with van der Waals surface area (Å²) in [6, 6.07) is 1.73. The molecule has 1 saturated heterocycles. The van der Waals surface area contributed by atoms with Crippen molar-refractivity contribution in [2.24, 2.45) is 7.05 Å². The van der Waals surface area contributed by atoms with Crippen molar-refractivity contribution in [2.75, 3.05) is 33.2 Å². The summed E-state index contributed by atoms with van der Waals surface area (Å²) in [5, 5.41) is 0.606. The maximum absolute atomic E-state index is 12.6. The van der Waals surface area contributed by atoms with Gasteiger partial charge in [0.25, 0.3) is 11.5 Å². The zero-order valence-electron chi connectivity index (χ0n) is 11.9. The second kappa shape index (κ2) is 5.55. The Morgan fingerprint density at radius 1 is 1.24 bits per heavy atom. The van der Waals surface area contributed by atoms with Crippen molar-refractivity contribution in [2.45, 2.75) is 0 Å². The molecule has 0 spiro atoms. The standard InChI is InChI=1S/C14H16BrN3O2S/c1-16-3-5-18(6-4-16)14(20)11-7-9-12(21-11)10(15)8-17(2)13(9)19/h7-8H,3-6H2,1-2H3. The maximum Gasteiger partial charge on any atom is 0.264 e. The quantitative estimate of drug-likeness (QED) is 0.769. The number of nitrogens with zero attached hydrogens (tertiary/aromatic N) is 3. The number of likely N-dealkylation sites (N-methyl/N-ethyl adjacent to an activating group) is 1. The zero-order chi connectivity index (χ0) is 15.1. The van der Waals surface area contributed by atoms with Gasteiger partial charge in [0.15, 0.2) is 0 Å². The topological polar surface area (TPSA) is 45.6 Å². The summed E-state index contributed by atoms with van der Waals surface area (Å²) >= 11 is 4.85. The van der Waals surface area contributed by atoms with E-state index in [9.17, 15) is 9.59 Å². The largest absolute Gasteiger partial charge is 0.335 e. The number of hydrogen-bond acceptors (Lipinski definition) is 4. The fraction of sp³-hybridized carbons (Fsp3) is 0.429. The zero-order valence-corrected chi connectivity index (χ0v) is 14.3. The summed E-state index contributed by atoms with van der Waals surface area (Å²) < 4.78 is 3.22. The molecule has 2 aromatic heterocycles. The Labute approximate surface area is 134 Å². The number of hydrogen-bond donors (Lipinski definition) is 0. The van der Waals surface area contributed by atoms with Gasteiger partial charge in [-0.2, -0.15) is 0 Å². The van der Waals surface area contributed by atoms with Gasteiger partial charge in [-0.25, -0.2) is 0 Å². The van der Waals surface area contributed by atoms with E-state index in [-0.39, 0.29) is 11.5 Å². The Morgan fingerprint density at radius 3 is 2.57 bits per heavy atom. The number of halogens is 1. The van der Waals surface area contributed by atoms with Crippen LogP contribution < -0.4 is 5.56 Å². The van der Waals surface area contributed by atoms with Crippen LogP contribution >= 0.6 is 27.3 Å². The van der Waals surface area contributed by atoms with Crippen LogP contribution in [-0.2, 0) is 7.05 Å². The van der Waals surface area contributed by atoms with Crippen LogP contribution in [0.1, 0.15) is 9.67 Å². The lowest BCUT2D eigenvalue weighted by molar-refractivity contribution is 0.0669. The van der Waals surface area contributed by atoms with Crippen molar-refractivity contribution < 1.29 is 4.79 Å². The molecule has 1 amide bonds. The number of thiophene rings is 1. The minimum Gasteiger partial charge on any atom is -0.335 e. The second-order valence-corrected chi connectivity index (χ2v) is 7.25. The van der Waals surface area contributed by atoms with Gasteiger partial charge >= 0.3 is 0 Å². The molecule has 2 aromatic rings. The van der Waals surface area contributed by atoms with E-state index in [4.69, 9.17) is 0 Å². The Kier molecular flexibility index (Phi) is 3.90. The number of carbonyl (C=O) groups is 1. The second-order valence-electron chi connectivity index (χ2n) is 5.34. The number of fused-ring (bicyclic) bond motifs is 1. The van der Waals surface area contributed by atoms with Crippen molar-refractivity contribution in [3.63, 3.8) is 0 Å². The van der Waals surface area contributed by atoms with Crippen molar-refractivity contribution >= 4 is 43.3 Å². The smallest absolute Gasteiger partial charge is 0.264 e. The number of amides is 1. The summed E-state index contributed by atoms with van der Waals surface area (Å²) in [6.45, 7) is 3.26. The molecule has 112 valence electrons. The SMILES string of the molecule is CN1CCN(C(=O)c2cc3c(=O)n(C)cc(Br)c3s2)CC1. The van der Waals surface area contributed by atoms with E-state index in [1.807, 2.05) is 4.90 Å². The summed E-state index contributed by atoms with van der Waals surface area (Å²) in [7, 11) is 3.77.